The number of aromatic nitrogens is 4. The second-order valence-electron chi connectivity index (χ2n) is 8.00. The van der Waals surface area contributed by atoms with E-state index in [4.69, 9.17) is 14.8 Å². The van der Waals surface area contributed by atoms with Crippen LogP contribution in [-0.2, 0) is 11.3 Å². The zero-order valence-electron chi connectivity index (χ0n) is 17.7. The highest BCUT2D eigenvalue weighted by Crippen LogP contribution is 2.32. The highest BCUT2D eigenvalue weighted by atomic mass is 16.5. The van der Waals surface area contributed by atoms with Crippen molar-refractivity contribution >= 4 is 17.1 Å². The molecular weight excluding hydrogens is 394 g/mol. The van der Waals surface area contributed by atoms with Crippen LogP contribution in [0.25, 0.3) is 22.3 Å². The molecule has 1 saturated heterocycles. The van der Waals surface area contributed by atoms with Crippen LogP contribution in [0.2, 0.25) is 0 Å². The molecule has 2 N–H and O–H groups in total. The standard InChI is InChI=1S/C23H29N5O3/c29-23(30)24-10-3-1-2-4-11-28-16-18(14-26-28)21-15-25-20-7-5-6-19(22(20)27-21)17-8-12-31-13-9-17/h5-7,14-17,24H,1-4,8-13H2,(H,29,30). The van der Waals surface area contributed by atoms with E-state index in [1.54, 1.807) is 0 Å². The van der Waals surface area contributed by atoms with Gasteiger partial charge in [0.05, 0.1) is 29.1 Å². The van der Waals surface area contributed by atoms with Crippen LogP contribution >= 0.6 is 0 Å². The molecule has 8 nitrogen and oxygen atoms in total. The molecule has 0 atom stereocenters. The molecule has 0 bridgehead atoms. The summed E-state index contributed by atoms with van der Waals surface area (Å²) in [5.74, 6) is 0.468. The molecule has 1 aliphatic rings. The van der Waals surface area contributed by atoms with E-state index in [-0.39, 0.29) is 0 Å². The molecule has 3 aromatic rings. The lowest BCUT2D eigenvalue weighted by molar-refractivity contribution is 0.0856. The van der Waals surface area contributed by atoms with Gasteiger partial charge in [-0.2, -0.15) is 5.10 Å². The number of rotatable bonds is 9. The number of nitrogens with zero attached hydrogens (tertiary/aromatic N) is 4. The van der Waals surface area contributed by atoms with Crippen LogP contribution in [0.5, 0.6) is 0 Å². The topological polar surface area (TPSA) is 102 Å². The number of nitrogens with one attached hydrogen (secondary N) is 1. The Bertz CT molecular complexity index is 1010. The molecule has 0 radical (unpaired) electrons. The minimum absolute atomic E-state index is 0.468. The van der Waals surface area contributed by atoms with E-state index in [1.807, 2.05) is 29.3 Å². The minimum atomic E-state index is -0.958. The molecule has 1 amide bonds. The molecule has 164 valence electrons. The summed E-state index contributed by atoms with van der Waals surface area (Å²) >= 11 is 0. The Morgan fingerprint density at radius 1 is 1.16 bits per heavy atom. The number of amides is 1. The van der Waals surface area contributed by atoms with Gasteiger partial charge in [0.15, 0.2) is 0 Å². The number of benzene rings is 1. The van der Waals surface area contributed by atoms with Gasteiger partial charge in [-0.3, -0.25) is 9.67 Å². The monoisotopic (exact) mass is 423 g/mol. The Balaban J connectivity index is 1.39. The Hall–Kier alpha value is -3.00. The van der Waals surface area contributed by atoms with E-state index in [2.05, 4.69) is 27.5 Å². The highest BCUT2D eigenvalue weighted by molar-refractivity contribution is 5.80. The zero-order valence-corrected chi connectivity index (χ0v) is 17.7. The highest BCUT2D eigenvalue weighted by Gasteiger charge is 2.19. The second-order valence-corrected chi connectivity index (χ2v) is 8.00. The van der Waals surface area contributed by atoms with Crippen molar-refractivity contribution in [3.63, 3.8) is 0 Å². The molecule has 2 aromatic heterocycles. The zero-order chi connectivity index (χ0) is 21.5. The summed E-state index contributed by atoms with van der Waals surface area (Å²) in [7, 11) is 0. The summed E-state index contributed by atoms with van der Waals surface area (Å²) in [5.41, 5.74) is 4.99. The molecule has 3 heterocycles. The van der Waals surface area contributed by atoms with Crippen molar-refractivity contribution in [2.75, 3.05) is 19.8 Å². The summed E-state index contributed by atoms with van der Waals surface area (Å²) < 4.78 is 7.47. The second kappa shape index (κ2) is 10.3. The van der Waals surface area contributed by atoms with Crippen molar-refractivity contribution in [3.8, 4) is 11.3 Å². The third kappa shape index (κ3) is 5.58. The summed E-state index contributed by atoms with van der Waals surface area (Å²) in [6, 6.07) is 6.26. The number of carboxylic acid groups (broad SMARTS) is 1. The largest absolute Gasteiger partial charge is 0.465 e. The van der Waals surface area contributed by atoms with Gasteiger partial charge in [0.1, 0.15) is 0 Å². The van der Waals surface area contributed by atoms with E-state index in [0.29, 0.717) is 12.5 Å². The average Bonchev–Trinajstić information content (AvgIpc) is 3.27. The molecule has 31 heavy (non-hydrogen) atoms. The fourth-order valence-electron chi connectivity index (χ4n) is 4.10. The Morgan fingerprint density at radius 3 is 2.84 bits per heavy atom. The van der Waals surface area contributed by atoms with Gasteiger partial charge in [0, 0.05) is 38.1 Å². The van der Waals surface area contributed by atoms with Crippen LogP contribution in [0.3, 0.4) is 0 Å². The lowest BCUT2D eigenvalue weighted by atomic mass is 9.90. The van der Waals surface area contributed by atoms with E-state index < -0.39 is 6.09 Å². The number of carbonyl (C=O) groups is 1. The molecule has 0 saturated carbocycles. The molecule has 1 aliphatic heterocycles. The number of ether oxygens (including phenoxy) is 1. The minimum Gasteiger partial charge on any atom is -0.465 e. The number of aryl methyl sites for hydroxylation is 1. The van der Waals surface area contributed by atoms with Crippen molar-refractivity contribution in [2.24, 2.45) is 0 Å². The number of para-hydroxylation sites is 1. The van der Waals surface area contributed by atoms with Gasteiger partial charge in [0.2, 0.25) is 0 Å². The van der Waals surface area contributed by atoms with Gasteiger partial charge in [0.25, 0.3) is 0 Å². The molecule has 1 aromatic carbocycles. The van der Waals surface area contributed by atoms with E-state index in [0.717, 1.165) is 80.6 Å². The SMILES string of the molecule is O=C(O)NCCCCCCn1cc(-c2cnc3cccc(C4CCOCC4)c3n2)cn1. The first-order valence-corrected chi connectivity index (χ1v) is 11.0. The van der Waals surface area contributed by atoms with Crippen LogP contribution in [0, 0.1) is 0 Å². The molecule has 4 rings (SSSR count). The van der Waals surface area contributed by atoms with Gasteiger partial charge in [-0.15, -0.1) is 0 Å². The van der Waals surface area contributed by atoms with E-state index >= 15 is 0 Å². The molecular formula is C23H29N5O3. The molecule has 0 spiro atoms. The third-order valence-electron chi connectivity index (χ3n) is 5.78. The van der Waals surface area contributed by atoms with Crippen LogP contribution in [0.4, 0.5) is 4.79 Å². The van der Waals surface area contributed by atoms with Crippen molar-refractivity contribution in [1.82, 2.24) is 25.1 Å². The number of hydrogen-bond acceptors (Lipinski definition) is 5. The maximum atomic E-state index is 10.4. The van der Waals surface area contributed by atoms with Crippen molar-refractivity contribution in [2.45, 2.75) is 51.0 Å². The summed E-state index contributed by atoms with van der Waals surface area (Å²) in [6.07, 6.45) is 10.7. The van der Waals surface area contributed by atoms with Gasteiger partial charge in [-0.05, 0) is 43.2 Å². The van der Waals surface area contributed by atoms with Crippen molar-refractivity contribution in [3.05, 3.63) is 42.4 Å². The number of hydrogen-bond donors (Lipinski definition) is 2. The maximum Gasteiger partial charge on any atom is 0.404 e. The van der Waals surface area contributed by atoms with Crippen molar-refractivity contribution in [1.29, 1.82) is 0 Å². The Morgan fingerprint density at radius 2 is 2.00 bits per heavy atom. The quantitative estimate of drug-likeness (QED) is 0.500. The molecule has 8 heteroatoms. The predicted molar refractivity (Wildman–Crippen MR) is 118 cm³/mol. The first-order valence-electron chi connectivity index (χ1n) is 11.0. The third-order valence-corrected chi connectivity index (χ3v) is 5.78. The van der Waals surface area contributed by atoms with E-state index in [9.17, 15) is 4.79 Å². The van der Waals surface area contributed by atoms with Crippen LogP contribution in [-0.4, -0.2) is 50.7 Å². The maximum absolute atomic E-state index is 10.4. The number of unbranched alkanes of at least 4 members (excludes halogenated alkanes) is 3. The lowest BCUT2D eigenvalue weighted by Crippen LogP contribution is -2.21. The van der Waals surface area contributed by atoms with Crippen LogP contribution in [0.15, 0.2) is 36.8 Å². The van der Waals surface area contributed by atoms with Gasteiger partial charge in [-0.25, -0.2) is 9.78 Å². The first kappa shape index (κ1) is 21.2. The fraction of sp³-hybridized carbons (Fsp3) is 0.478. The first-order chi connectivity index (χ1) is 15.2. The van der Waals surface area contributed by atoms with Crippen LogP contribution in [0.1, 0.15) is 50.0 Å². The number of fused-ring (bicyclic) bond motifs is 1. The van der Waals surface area contributed by atoms with Crippen LogP contribution < -0.4 is 5.32 Å². The summed E-state index contributed by atoms with van der Waals surface area (Å²) in [6.45, 7) is 2.95. The summed E-state index contributed by atoms with van der Waals surface area (Å²) in [4.78, 5) is 20.1. The smallest absolute Gasteiger partial charge is 0.404 e. The Labute approximate surface area is 181 Å². The van der Waals surface area contributed by atoms with Crippen molar-refractivity contribution < 1.29 is 14.6 Å². The normalized spacial score (nSPS) is 14.7. The average molecular weight is 424 g/mol. The molecule has 0 aliphatic carbocycles. The van der Waals surface area contributed by atoms with Gasteiger partial charge >= 0.3 is 6.09 Å². The van der Waals surface area contributed by atoms with Gasteiger partial charge in [-0.1, -0.05) is 25.0 Å². The van der Waals surface area contributed by atoms with E-state index in [1.165, 1.54) is 5.56 Å². The molecule has 0 unspecified atom stereocenters. The summed E-state index contributed by atoms with van der Waals surface area (Å²) in [5, 5.41) is 15.4. The Kier molecular flexibility index (Phi) is 7.09. The predicted octanol–water partition coefficient (Wildman–Crippen LogP) is 4.22. The molecule has 1 fully saturated rings. The lowest BCUT2D eigenvalue weighted by Gasteiger charge is -2.23. The fourth-order valence-corrected chi connectivity index (χ4v) is 4.10. The van der Waals surface area contributed by atoms with Gasteiger partial charge < -0.3 is 15.2 Å².